The van der Waals surface area contributed by atoms with Gasteiger partial charge in [0.2, 0.25) is 0 Å². The number of esters is 1. The van der Waals surface area contributed by atoms with Crippen molar-refractivity contribution in [2.75, 3.05) is 6.61 Å². The van der Waals surface area contributed by atoms with E-state index in [1.807, 2.05) is 0 Å². The van der Waals surface area contributed by atoms with Gasteiger partial charge in [0.15, 0.2) is 0 Å². The molecule has 31 heavy (non-hydrogen) atoms. The first-order chi connectivity index (χ1) is 14.8. The number of ether oxygens (including phenoxy) is 1. The predicted octanol–water partition coefficient (Wildman–Crippen LogP) is 7.25. The van der Waals surface area contributed by atoms with Crippen LogP contribution in [-0.4, -0.2) is 30.7 Å². The number of rotatable bonds is 20. The normalized spacial score (nSPS) is 12.5. The van der Waals surface area contributed by atoms with Gasteiger partial charge >= 0.3 is 18.1 Å². The maximum Gasteiger partial charge on any atom is 0.471 e. The van der Waals surface area contributed by atoms with Crippen LogP contribution in [0.25, 0.3) is 0 Å². The van der Waals surface area contributed by atoms with E-state index < -0.39 is 24.1 Å². The van der Waals surface area contributed by atoms with E-state index in [0.717, 1.165) is 19.3 Å². The minimum atomic E-state index is -5.00. The highest BCUT2D eigenvalue weighted by molar-refractivity contribution is 5.87. The maximum absolute atomic E-state index is 12.4. The summed E-state index contributed by atoms with van der Waals surface area (Å²) in [6.45, 7) is 4.15. The van der Waals surface area contributed by atoms with E-state index in [2.05, 4.69) is 6.92 Å². The summed E-state index contributed by atoms with van der Waals surface area (Å²) >= 11 is 0. The largest absolute Gasteiger partial charge is 0.471 e. The van der Waals surface area contributed by atoms with Crippen LogP contribution in [0.1, 0.15) is 123 Å². The lowest BCUT2D eigenvalue weighted by Gasteiger charge is -2.17. The highest BCUT2D eigenvalue weighted by Crippen LogP contribution is 2.16. The molecule has 0 rings (SSSR count). The van der Waals surface area contributed by atoms with Crippen LogP contribution in [0.5, 0.6) is 0 Å². The van der Waals surface area contributed by atoms with Gasteiger partial charge in [-0.15, -0.1) is 0 Å². The zero-order chi connectivity index (χ0) is 23.4. The molecular formula is C24H44F3NO3. The van der Waals surface area contributed by atoms with Crippen LogP contribution in [0, 0.1) is 0 Å². The number of halogens is 3. The summed E-state index contributed by atoms with van der Waals surface area (Å²) in [7, 11) is 0. The third-order valence-corrected chi connectivity index (χ3v) is 5.42. The SMILES string of the molecule is CCCCCCCCCCCCCCCCCOC(=O)C(CCC)NC(=O)C(F)(F)F. The second-order valence-corrected chi connectivity index (χ2v) is 8.43. The zero-order valence-corrected chi connectivity index (χ0v) is 19.7. The highest BCUT2D eigenvalue weighted by Gasteiger charge is 2.40. The summed E-state index contributed by atoms with van der Waals surface area (Å²) in [5.41, 5.74) is 0. The second kappa shape index (κ2) is 19.4. The Labute approximate surface area is 187 Å². The fourth-order valence-corrected chi connectivity index (χ4v) is 3.52. The van der Waals surface area contributed by atoms with E-state index >= 15 is 0 Å². The molecule has 1 atom stereocenters. The van der Waals surface area contributed by atoms with Crippen LogP contribution in [-0.2, 0) is 14.3 Å². The van der Waals surface area contributed by atoms with E-state index in [-0.39, 0.29) is 13.0 Å². The first kappa shape index (κ1) is 29.7. The van der Waals surface area contributed by atoms with Crippen molar-refractivity contribution in [1.29, 1.82) is 0 Å². The minimum Gasteiger partial charge on any atom is -0.464 e. The average molecular weight is 452 g/mol. The lowest BCUT2D eigenvalue weighted by Crippen LogP contribution is -2.47. The first-order valence-corrected chi connectivity index (χ1v) is 12.4. The Bertz CT molecular complexity index is 456. The van der Waals surface area contributed by atoms with Gasteiger partial charge in [0.05, 0.1) is 6.61 Å². The summed E-state index contributed by atoms with van der Waals surface area (Å²) in [6.07, 6.45) is 14.1. The molecule has 0 aromatic heterocycles. The van der Waals surface area contributed by atoms with Crippen molar-refractivity contribution in [2.24, 2.45) is 0 Å². The maximum atomic E-state index is 12.4. The van der Waals surface area contributed by atoms with Gasteiger partial charge < -0.3 is 10.1 Å². The van der Waals surface area contributed by atoms with Crippen molar-refractivity contribution in [3.05, 3.63) is 0 Å². The van der Waals surface area contributed by atoms with E-state index in [9.17, 15) is 22.8 Å². The lowest BCUT2D eigenvalue weighted by molar-refractivity contribution is -0.176. The molecule has 1 amide bonds. The third-order valence-electron chi connectivity index (χ3n) is 5.42. The molecule has 1 unspecified atom stereocenters. The lowest BCUT2D eigenvalue weighted by atomic mass is 10.0. The van der Waals surface area contributed by atoms with Gasteiger partial charge in [-0.1, -0.05) is 110 Å². The standard InChI is InChI=1S/C24H44F3NO3/c1-3-5-6-7-8-9-10-11-12-13-14-15-16-17-18-20-31-22(29)21(19-4-2)28-23(30)24(25,26)27/h21H,3-20H2,1-2H3,(H,28,30). The summed E-state index contributed by atoms with van der Waals surface area (Å²) in [5.74, 6) is -2.89. The van der Waals surface area contributed by atoms with E-state index in [1.54, 1.807) is 12.2 Å². The Kier molecular flexibility index (Phi) is 18.6. The molecule has 0 aromatic carbocycles. The monoisotopic (exact) mass is 451 g/mol. The van der Waals surface area contributed by atoms with Gasteiger partial charge in [0, 0.05) is 0 Å². The van der Waals surface area contributed by atoms with Crippen LogP contribution < -0.4 is 5.32 Å². The molecular weight excluding hydrogens is 407 g/mol. The Morgan fingerprint density at radius 3 is 1.52 bits per heavy atom. The van der Waals surface area contributed by atoms with Crippen molar-refractivity contribution >= 4 is 11.9 Å². The van der Waals surface area contributed by atoms with Crippen molar-refractivity contribution in [3.63, 3.8) is 0 Å². The van der Waals surface area contributed by atoms with Crippen LogP contribution in [0.15, 0.2) is 0 Å². The van der Waals surface area contributed by atoms with Crippen LogP contribution in [0.3, 0.4) is 0 Å². The Balaban J connectivity index is 3.60. The highest BCUT2D eigenvalue weighted by atomic mass is 19.4. The molecule has 0 saturated carbocycles. The molecule has 4 nitrogen and oxygen atoms in total. The molecule has 0 saturated heterocycles. The quantitative estimate of drug-likeness (QED) is 0.157. The molecule has 0 aliphatic heterocycles. The van der Waals surface area contributed by atoms with Crippen LogP contribution in [0.2, 0.25) is 0 Å². The number of amides is 1. The summed E-state index contributed by atoms with van der Waals surface area (Å²) < 4.78 is 42.1. The Morgan fingerprint density at radius 1 is 0.710 bits per heavy atom. The number of nitrogens with one attached hydrogen (secondary N) is 1. The second-order valence-electron chi connectivity index (χ2n) is 8.43. The molecule has 7 heteroatoms. The predicted molar refractivity (Wildman–Crippen MR) is 119 cm³/mol. The molecule has 1 N–H and O–H groups in total. The summed E-state index contributed by atoms with van der Waals surface area (Å²) in [5, 5.41) is 1.72. The Hall–Kier alpha value is -1.27. The van der Waals surface area contributed by atoms with Gasteiger partial charge in [-0.25, -0.2) is 4.79 Å². The van der Waals surface area contributed by atoms with E-state index in [1.165, 1.54) is 70.6 Å². The number of carbonyl (C=O) groups is 2. The van der Waals surface area contributed by atoms with Crippen molar-refractivity contribution < 1.29 is 27.5 Å². The molecule has 0 fully saturated rings. The van der Waals surface area contributed by atoms with Gasteiger partial charge in [-0.05, 0) is 12.8 Å². The number of carbonyl (C=O) groups excluding carboxylic acids is 2. The van der Waals surface area contributed by atoms with Gasteiger partial charge in [-0.3, -0.25) is 4.79 Å². The number of unbranched alkanes of at least 4 members (excludes halogenated alkanes) is 14. The smallest absolute Gasteiger partial charge is 0.464 e. The van der Waals surface area contributed by atoms with E-state index in [4.69, 9.17) is 4.74 Å². The van der Waals surface area contributed by atoms with Gasteiger partial charge in [0.25, 0.3) is 0 Å². The number of hydrogen-bond acceptors (Lipinski definition) is 3. The minimum absolute atomic E-state index is 0.125. The molecule has 0 heterocycles. The molecule has 184 valence electrons. The molecule has 0 radical (unpaired) electrons. The topological polar surface area (TPSA) is 55.4 Å². The third kappa shape index (κ3) is 18.0. The fraction of sp³-hybridized carbons (Fsp3) is 0.917. The van der Waals surface area contributed by atoms with Crippen LogP contribution in [0.4, 0.5) is 13.2 Å². The summed E-state index contributed by atoms with van der Waals surface area (Å²) in [4.78, 5) is 23.0. The van der Waals surface area contributed by atoms with Gasteiger partial charge in [-0.2, -0.15) is 13.2 Å². The van der Waals surface area contributed by atoms with Crippen molar-refractivity contribution in [1.82, 2.24) is 5.32 Å². The van der Waals surface area contributed by atoms with Gasteiger partial charge in [0.1, 0.15) is 6.04 Å². The Morgan fingerprint density at radius 2 is 1.13 bits per heavy atom. The van der Waals surface area contributed by atoms with Crippen LogP contribution >= 0.6 is 0 Å². The molecule has 0 aliphatic carbocycles. The molecule has 0 bridgehead atoms. The fourth-order valence-electron chi connectivity index (χ4n) is 3.52. The zero-order valence-electron chi connectivity index (χ0n) is 19.7. The summed E-state index contributed by atoms with van der Waals surface area (Å²) in [6, 6.07) is -1.24. The number of hydrogen-bond donors (Lipinski definition) is 1. The van der Waals surface area contributed by atoms with E-state index in [0.29, 0.717) is 12.8 Å². The average Bonchev–Trinajstić information content (AvgIpc) is 2.72. The van der Waals surface area contributed by atoms with Crippen molar-refractivity contribution in [2.45, 2.75) is 135 Å². The number of alkyl halides is 3. The first-order valence-electron chi connectivity index (χ1n) is 12.4. The molecule has 0 aromatic rings. The molecule has 0 spiro atoms. The van der Waals surface area contributed by atoms with Crippen molar-refractivity contribution in [3.8, 4) is 0 Å². The molecule has 0 aliphatic rings.